The summed E-state index contributed by atoms with van der Waals surface area (Å²) < 4.78 is 16.3. The Labute approximate surface area is 150 Å². The van der Waals surface area contributed by atoms with Crippen LogP contribution in [0.1, 0.15) is 11.7 Å². The van der Waals surface area contributed by atoms with Gasteiger partial charge in [-0.15, -0.1) is 0 Å². The average molecular weight is 359 g/mol. The van der Waals surface area contributed by atoms with E-state index in [1.165, 1.54) is 10.1 Å². The first kappa shape index (κ1) is 16.4. The molecule has 3 aromatic rings. The van der Waals surface area contributed by atoms with Crippen LogP contribution in [-0.2, 0) is 17.7 Å². The van der Waals surface area contributed by atoms with Crippen molar-refractivity contribution in [2.45, 2.75) is 13.0 Å². The number of benzene rings is 1. The molecule has 0 bridgehead atoms. The summed E-state index contributed by atoms with van der Waals surface area (Å²) in [6.07, 6.45) is 0.685. The standard InChI is InChI=1S/C17H21N5O2S/c1-23-11-6-15-18-16(24-19-15)12-21-7-9-22(10-8-21)17-13-4-2-3-5-14(13)25-20-17/h2-5H,6-12H2,1H3. The molecule has 1 saturated heterocycles. The maximum absolute atomic E-state index is 5.34. The van der Waals surface area contributed by atoms with Crippen molar-refractivity contribution < 1.29 is 9.26 Å². The van der Waals surface area contributed by atoms with Crippen LogP contribution in [0, 0.1) is 0 Å². The fourth-order valence-electron chi connectivity index (χ4n) is 3.06. The predicted molar refractivity (Wildman–Crippen MR) is 97.0 cm³/mol. The number of rotatable bonds is 6. The van der Waals surface area contributed by atoms with E-state index in [1.807, 2.05) is 0 Å². The Morgan fingerprint density at radius 2 is 2.04 bits per heavy atom. The molecule has 0 atom stereocenters. The second-order valence-electron chi connectivity index (χ2n) is 6.11. The second-order valence-corrected chi connectivity index (χ2v) is 6.92. The maximum atomic E-state index is 5.34. The highest BCUT2D eigenvalue weighted by atomic mass is 32.1. The van der Waals surface area contributed by atoms with E-state index in [1.54, 1.807) is 18.6 Å². The lowest BCUT2D eigenvalue weighted by atomic mass is 10.2. The molecule has 7 nitrogen and oxygen atoms in total. The Balaban J connectivity index is 1.34. The van der Waals surface area contributed by atoms with Gasteiger partial charge in [-0.1, -0.05) is 17.3 Å². The van der Waals surface area contributed by atoms with Gasteiger partial charge in [-0.05, 0) is 23.7 Å². The summed E-state index contributed by atoms with van der Waals surface area (Å²) in [5.41, 5.74) is 0. The Kier molecular flexibility index (Phi) is 4.91. The van der Waals surface area contributed by atoms with Gasteiger partial charge in [-0.25, -0.2) is 0 Å². The largest absolute Gasteiger partial charge is 0.384 e. The van der Waals surface area contributed by atoms with E-state index >= 15 is 0 Å². The van der Waals surface area contributed by atoms with Gasteiger partial charge in [0.1, 0.15) is 5.82 Å². The number of fused-ring (bicyclic) bond motifs is 1. The zero-order valence-corrected chi connectivity index (χ0v) is 15.0. The zero-order valence-electron chi connectivity index (χ0n) is 14.2. The lowest BCUT2D eigenvalue weighted by Crippen LogP contribution is -2.46. The SMILES string of the molecule is COCCc1noc(CN2CCN(c3nsc4ccccc34)CC2)n1. The van der Waals surface area contributed by atoms with Crippen molar-refractivity contribution in [3.8, 4) is 0 Å². The van der Waals surface area contributed by atoms with Crippen molar-refractivity contribution in [1.82, 2.24) is 19.4 Å². The number of methoxy groups -OCH3 is 1. The molecule has 0 radical (unpaired) electrons. The van der Waals surface area contributed by atoms with Crippen LogP contribution < -0.4 is 4.90 Å². The van der Waals surface area contributed by atoms with Gasteiger partial charge in [0, 0.05) is 45.1 Å². The summed E-state index contributed by atoms with van der Waals surface area (Å²) in [4.78, 5) is 9.14. The fraction of sp³-hybridized carbons (Fsp3) is 0.471. The van der Waals surface area contributed by atoms with Crippen LogP contribution >= 0.6 is 11.5 Å². The summed E-state index contributed by atoms with van der Waals surface area (Å²) in [6, 6.07) is 8.42. The van der Waals surface area contributed by atoms with Crippen molar-refractivity contribution in [3.63, 3.8) is 0 Å². The molecule has 4 rings (SSSR count). The van der Waals surface area contributed by atoms with Gasteiger partial charge in [0.2, 0.25) is 5.89 Å². The lowest BCUT2D eigenvalue weighted by Gasteiger charge is -2.34. The van der Waals surface area contributed by atoms with Crippen LogP contribution in [0.4, 0.5) is 5.82 Å². The average Bonchev–Trinajstić information content (AvgIpc) is 3.27. The minimum absolute atomic E-state index is 0.610. The minimum atomic E-state index is 0.610. The number of hydrogen-bond donors (Lipinski definition) is 0. The van der Waals surface area contributed by atoms with Gasteiger partial charge < -0.3 is 14.2 Å². The van der Waals surface area contributed by atoms with E-state index in [0.29, 0.717) is 31.3 Å². The molecule has 3 heterocycles. The monoisotopic (exact) mass is 359 g/mol. The molecule has 0 saturated carbocycles. The summed E-state index contributed by atoms with van der Waals surface area (Å²) in [7, 11) is 1.67. The van der Waals surface area contributed by atoms with E-state index in [9.17, 15) is 0 Å². The molecular weight excluding hydrogens is 338 g/mol. The first-order valence-electron chi connectivity index (χ1n) is 8.45. The van der Waals surface area contributed by atoms with Crippen molar-refractivity contribution in [2.24, 2.45) is 0 Å². The summed E-state index contributed by atoms with van der Waals surface area (Å²) >= 11 is 1.57. The highest BCUT2D eigenvalue weighted by molar-refractivity contribution is 7.13. The number of hydrogen-bond acceptors (Lipinski definition) is 8. The summed E-state index contributed by atoms with van der Waals surface area (Å²) in [6.45, 7) is 5.14. The predicted octanol–water partition coefficient (Wildman–Crippen LogP) is 2.19. The zero-order chi connectivity index (χ0) is 17.1. The molecule has 132 valence electrons. The molecule has 1 aliphatic heterocycles. The molecule has 0 unspecified atom stereocenters. The first-order chi connectivity index (χ1) is 12.3. The Morgan fingerprint density at radius 1 is 1.20 bits per heavy atom. The topological polar surface area (TPSA) is 67.5 Å². The number of ether oxygens (including phenoxy) is 1. The smallest absolute Gasteiger partial charge is 0.240 e. The number of aromatic nitrogens is 3. The van der Waals surface area contributed by atoms with Crippen LogP contribution in [0.15, 0.2) is 28.8 Å². The Bertz CT molecular complexity index is 825. The van der Waals surface area contributed by atoms with Crippen molar-refractivity contribution in [1.29, 1.82) is 0 Å². The van der Waals surface area contributed by atoms with E-state index in [4.69, 9.17) is 9.26 Å². The molecule has 0 spiro atoms. The minimum Gasteiger partial charge on any atom is -0.384 e. The molecule has 0 N–H and O–H groups in total. The molecule has 1 aromatic carbocycles. The third-order valence-electron chi connectivity index (χ3n) is 4.43. The van der Waals surface area contributed by atoms with E-state index in [0.717, 1.165) is 32.0 Å². The van der Waals surface area contributed by atoms with Gasteiger partial charge >= 0.3 is 0 Å². The Hall–Kier alpha value is -2.03. The van der Waals surface area contributed by atoms with Crippen LogP contribution in [0.3, 0.4) is 0 Å². The highest BCUT2D eigenvalue weighted by Crippen LogP contribution is 2.29. The van der Waals surface area contributed by atoms with Crippen LogP contribution in [-0.4, -0.2) is 59.3 Å². The number of nitrogens with zero attached hydrogens (tertiary/aromatic N) is 5. The number of anilines is 1. The van der Waals surface area contributed by atoms with Gasteiger partial charge in [0.15, 0.2) is 5.82 Å². The number of piperazine rings is 1. The van der Waals surface area contributed by atoms with E-state index < -0.39 is 0 Å². The van der Waals surface area contributed by atoms with Crippen LogP contribution in [0.25, 0.3) is 10.1 Å². The van der Waals surface area contributed by atoms with Crippen LogP contribution in [0.2, 0.25) is 0 Å². The first-order valence-corrected chi connectivity index (χ1v) is 9.23. The van der Waals surface area contributed by atoms with Crippen molar-refractivity contribution in [2.75, 3.05) is 44.8 Å². The van der Waals surface area contributed by atoms with Gasteiger partial charge in [0.25, 0.3) is 0 Å². The van der Waals surface area contributed by atoms with E-state index in [-0.39, 0.29) is 0 Å². The lowest BCUT2D eigenvalue weighted by molar-refractivity contribution is 0.199. The maximum Gasteiger partial charge on any atom is 0.240 e. The molecule has 0 aliphatic carbocycles. The molecule has 0 amide bonds. The molecule has 25 heavy (non-hydrogen) atoms. The van der Waals surface area contributed by atoms with Crippen LogP contribution in [0.5, 0.6) is 0 Å². The van der Waals surface area contributed by atoms with E-state index in [2.05, 4.69) is 48.6 Å². The van der Waals surface area contributed by atoms with Crippen molar-refractivity contribution >= 4 is 27.4 Å². The van der Waals surface area contributed by atoms with Gasteiger partial charge in [-0.3, -0.25) is 4.90 Å². The normalized spacial score (nSPS) is 16.0. The molecule has 8 heteroatoms. The molecule has 1 aliphatic rings. The summed E-state index contributed by atoms with van der Waals surface area (Å²) in [5, 5.41) is 5.25. The highest BCUT2D eigenvalue weighted by Gasteiger charge is 2.22. The molecule has 2 aromatic heterocycles. The Morgan fingerprint density at radius 3 is 2.88 bits per heavy atom. The van der Waals surface area contributed by atoms with Crippen molar-refractivity contribution in [3.05, 3.63) is 36.0 Å². The van der Waals surface area contributed by atoms with Gasteiger partial charge in [0.05, 0.1) is 17.9 Å². The van der Waals surface area contributed by atoms with Gasteiger partial charge in [-0.2, -0.15) is 9.36 Å². The third-order valence-corrected chi connectivity index (χ3v) is 5.25. The molecule has 1 fully saturated rings. The third kappa shape index (κ3) is 3.65. The quantitative estimate of drug-likeness (QED) is 0.668. The fourth-order valence-corrected chi connectivity index (χ4v) is 3.85. The summed E-state index contributed by atoms with van der Waals surface area (Å²) in [5.74, 6) is 2.50. The molecular formula is C17H21N5O2S. The second kappa shape index (κ2) is 7.47.